The van der Waals surface area contributed by atoms with Gasteiger partial charge in [-0.3, -0.25) is 4.79 Å². The Morgan fingerprint density at radius 2 is 1.41 bits per heavy atom. The minimum atomic E-state index is -0.185. The zero-order valence-electron chi connectivity index (χ0n) is 15.8. The van der Waals surface area contributed by atoms with Gasteiger partial charge in [0.05, 0.1) is 0 Å². The van der Waals surface area contributed by atoms with Crippen LogP contribution < -0.4 is 9.47 Å². The van der Waals surface area contributed by atoms with E-state index in [1.54, 1.807) is 6.08 Å². The Hall–Kier alpha value is -1.97. The Morgan fingerprint density at radius 3 is 1.85 bits per heavy atom. The maximum absolute atomic E-state index is 11.4. The summed E-state index contributed by atoms with van der Waals surface area (Å²) >= 11 is 11.1. The number of benzene rings is 2. The Kier molecular flexibility index (Phi) is 7.76. The number of rotatable bonds is 9. The predicted octanol–water partition coefficient (Wildman–Crippen LogP) is 6.07. The number of carbonyl (C=O) groups excluding carboxylic acids is 1. The molecule has 0 aliphatic carbocycles. The summed E-state index contributed by atoms with van der Waals surface area (Å²) in [4.78, 5) is 11.4. The van der Waals surface area contributed by atoms with Gasteiger partial charge < -0.3 is 9.47 Å². The van der Waals surface area contributed by atoms with Gasteiger partial charge in [0, 0.05) is 11.8 Å². The molecular formula is C22H24Cl2O3. The molecule has 0 saturated carbocycles. The van der Waals surface area contributed by atoms with E-state index in [-0.39, 0.29) is 22.3 Å². The van der Waals surface area contributed by atoms with Crippen LogP contribution in [-0.4, -0.2) is 19.0 Å². The van der Waals surface area contributed by atoms with E-state index >= 15 is 0 Å². The molecule has 0 radical (unpaired) electrons. The first kappa shape index (κ1) is 21.3. The van der Waals surface area contributed by atoms with Gasteiger partial charge in [-0.2, -0.15) is 0 Å². The third-order valence-corrected chi connectivity index (χ3v) is 4.74. The lowest BCUT2D eigenvalue weighted by Gasteiger charge is -2.26. The Morgan fingerprint density at radius 1 is 0.926 bits per heavy atom. The van der Waals surface area contributed by atoms with Crippen LogP contribution >= 0.6 is 23.2 Å². The van der Waals surface area contributed by atoms with E-state index in [1.807, 2.05) is 55.5 Å². The van der Waals surface area contributed by atoms with Crippen LogP contribution in [0.15, 0.2) is 59.1 Å². The molecule has 0 fully saturated rings. The smallest absolute Gasteiger partial charge is 0.169 e. The second-order valence-corrected chi connectivity index (χ2v) is 7.67. The fourth-order valence-corrected chi connectivity index (χ4v) is 2.70. The molecule has 0 bridgehead atoms. The highest BCUT2D eigenvalue weighted by Crippen LogP contribution is 2.33. The molecule has 27 heavy (non-hydrogen) atoms. The van der Waals surface area contributed by atoms with Gasteiger partial charge in [-0.15, -0.1) is 0 Å². The molecule has 3 nitrogen and oxygen atoms in total. The van der Waals surface area contributed by atoms with Crippen LogP contribution in [0.25, 0.3) is 0 Å². The van der Waals surface area contributed by atoms with Crippen molar-refractivity contribution in [1.82, 2.24) is 0 Å². The average Bonchev–Trinajstić information content (AvgIpc) is 2.66. The van der Waals surface area contributed by atoms with E-state index in [4.69, 9.17) is 32.7 Å². The molecule has 2 rings (SSSR count). The second kappa shape index (κ2) is 9.82. The zero-order valence-corrected chi connectivity index (χ0v) is 17.3. The van der Waals surface area contributed by atoms with Crippen molar-refractivity contribution in [3.05, 3.63) is 70.2 Å². The minimum Gasteiger partial charge on any atom is -0.489 e. The maximum atomic E-state index is 11.4. The lowest BCUT2D eigenvalue weighted by Crippen LogP contribution is -2.18. The summed E-state index contributed by atoms with van der Waals surface area (Å²) in [5, 5.41) is 0. The van der Waals surface area contributed by atoms with Gasteiger partial charge in [0.2, 0.25) is 0 Å². The maximum Gasteiger partial charge on any atom is 0.169 e. The molecule has 0 atom stereocenters. The van der Waals surface area contributed by atoms with Gasteiger partial charge >= 0.3 is 0 Å². The molecule has 0 aliphatic heterocycles. The summed E-state index contributed by atoms with van der Waals surface area (Å²) in [5.74, 6) is 1.54. The van der Waals surface area contributed by atoms with Crippen molar-refractivity contribution in [1.29, 1.82) is 0 Å². The summed E-state index contributed by atoms with van der Waals surface area (Å²) in [6.45, 7) is 6.60. The van der Waals surface area contributed by atoms with Gasteiger partial charge in [0.15, 0.2) is 5.78 Å². The van der Waals surface area contributed by atoms with Crippen molar-refractivity contribution < 1.29 is 14.3 Å². The van der Waals surface area contributed by atoms with E-state index in [2.05, 4.69) is 13.8 Å². The van der Waals surface area contributed by atoms with Crippen molar-refractivity contribution in [2.75, 3.05) is 13.2 Å². The molecule has 144 valence electrons. The largest absolute Gasteiger partial charge is 0.489 e. The van der Waals surface area contributed by atoms with Crippen LogP contribution in [0.2, 0.25) is 0 Å². The Balaban J connectivity index is 2.06. The average molecular weight is 407 g/mol. The van der Waals surface area contributed by atoms with Crippen LogP contribution in [0, 0.1) is 0 Å². The molecule has 0 aromatic heterocycles. The first-order chi connectivity index (χ1) is 12.8. The SMILES string of the molecule is CCC(=O)COc1ccc(C(C)(C)c2ccc(OCC=C(Cl)Cl)cc2)cc1. The summed E-state index contributed by atoms with van der Waals surface area (Å²) in [6.07, 6.45) is 2.08. The monoisotopic (exact) mass is 406 g/mol. The number of Topliss-reactive ketones (excluding diaryl/α,β-unsaturated/α-hetero) is 1. The molecule has 0 heterocycles. The zero-order chi connectivity index (χ0) is 19.9. The Labute approximate surface area is 170 Å². The topological polar surface area (TPSA) is 35.5 Å². The van der Waals surface area contributed by atoms with Crippen molar-refractivity contribution in [3.8, 4) is 11.5 Å². The van der Waals surface area contributed by atoms with Gasteiger partial charge in [0.1, 0.15) is 29.2 Å². The van der Waals surface area contributed by atoms with E-state index in [0.717, 1.165) is 16.9 Å². The van der Waals surface area contributed by atoms with Gasteiger partial charge in [-0.05, 0) is 41.5 Å². The third-order valence-electron chi connectivity index (χ3n) is 4.43. The molecule has 0 saturated heterocycles. The van der Waals surface area contributed by atoms with Crippen LogP contribution in [-0.2, 0) is 10.2 Å². The highest BCUT2D eigenvalue weighted by atomic mass is 35.5. The van der Waals surface area contributed by atoms with Crippen LogP contribution in [0.1, 0.15) is 38.3 Å². The van der Waals surface area contributed by atoms with Crippen molar-refractivity contribution in [2.24, 2.45) is 0 Å². The molecule has 5 heteroatoms. The molecular weight excluding hydrogens is 383 g/mol. The van der Waals surface area contributed by atoms with Gasteiger partial charge in [-0.1, -0.05) is 68.2 Å². The van der Waals surface area contributed by atoms with Crippen LogP contribution in [0.5, 0.6) is 11.5 Å². The summed E-state index contributed by atoms with van der Waals surface area (Å²) < 4.78 is 11.3. The number of ketones is 1. The number of hydrogen-bond donors (Lipinski definition) is 0. The van der Waals surface area contributed by atoms with Gasteiger partial charge in [0.25, 0.3) is 0 Å². The van der Waals surface area contributed by atoms with E-state index in [9.17, 15) is 4.79 Å². The highest BCUT2D eigenvalue weighted by Gasteiger charge is 2.23. The van der Waals surface area contributed by atoms with Gasteiger partial charge in [-0.25, -0.2) is 0 Å². The van der Waals surface area contributed by atoms with E-state index in [1.165, 1.54) is 0 Å². The molecule has 0 aliphatic rings. The number of hydrogen-bond acceptors (Lipinski definition) is 3. The second-order valence-electron chi connectivity index (χ2n) is 6.66. The quantitative estimate of drug-likeness (QED) is 0.506. The minimum absolute atomic E-state index is 0.0884. The Bertz CT molecular complexity index is 774. The first-order valence-corrected chi connectivity index (χ1v) is 9.58. The standard InChI is InChI=1S/C22H24Cl2O3/c1-4-18(25)15-27-20-11-7-17(8-12-20)22(2,3)16-5-9-19(10-6-16)26-14-13-21(23)24/h5-13H,4,14-15H2,1-3H3. The van der Waals surface area contributed by atoms with E-state index in [0.29, 0.717) is 18.8 Å². The van der Waals surface area contributed by atoms with Crippen LogP contribution in [0.4, 0.5) is 0 Å². The molecule has 2 aromatic carbocycles. The van der Waals surface area contributed by atoms with Crippen molar-refractivity contribution in [2.45, 2.75) is 32.6 Å². The number of halogens is 2. The predicted molar refractivity (Wildman–Crippen MR) is 111 cm³/mol. The summed E-state index contributed by atoms with van der Waals surface area (Å²) in [6, 6.07) is 15.8. The number of carbonyl (C=O) groups is 1. The molecule has 0 spiro atoms. The lowest BCUT2D eigenvalue weighted by atomic mass is 9.78. The van der Waals surface area contributed by atoms with E-state index < -0.39 is 0 Å². The van der Waals surface area contributed by atoms with Crippen molar-refractivity contribution >= 4 is 29.0 Å². The summed E-state index contributed by atoms with van der Waals surface area (Å²) in [7, 11) is 0. The lowest BCUT2D eigenvalue weighted by molar-refractivity contribution is -0.120. The molecule has 0 amide bonds. The van der Waals surface area contributed by atoms with Crippen LogP contribution in [0.3, 0.4) is 0 Å². The normalized spacial score (nSPS) is 11.0. The number of ether oxygens (including phenoxy) is 2. The highest BCUT2D eigenvalue weighted by molar-refractivity contribution is 6.55. The fraction of sp³-hybridized carbons (Fsp3) is 0.318. The molecule has 2 aromatic rings. The fourth-order valence-electron chi connectivity index (χ4n) is 2.57. The van der Waals surface area contributed by atoms with Crippen molar-refractivity contribution in [3.63, 3.8) is 0 Å². The molecule has 0 unspecified atom stereocenters. The third kappa shape index (κ3) is 6.30. The molecule has 0 N–H and O–H groups in total. The summed E-state index contributed by atoms with van der Waals surface area (Å²) in [5.41, 5.74) is 2.13. The first-order valence-electron chi connectivity index (χ1n) is 8.82.